The third-order valence-corrected chi connectivity index (χ3v) is 4.80. The number of nitrogens with zero attached hydrogens (tertiary/aromatic N) is 3. The molecule has 1 saturated heterocycles. The zero-order valence-corrected chi connectivity index (χ0v) is 12.2. The highest BCUT2D eigenvalue weighted by atomic mass is 32.1. The van der Waals surface area contributed by atoms with Crippen molar-refractivity contribution in [2.45, 2.75) is 12.8 Å². The fourth-order valence-corrected chi connectivity index (χ4v) is 3.78. The van der Waals surface area contributed by atoms with Gasteiger partial charge >= 0.3 is 0 Å². The van der Waals surface area contributed by atoms with Gasteiger partial charge in [-0.15, -0.1) is 11.3 Å². The molecule has 106 valence electrons. The van der Waals surface area contributed by atoms with Crippen LogP contribution < -0.4 is 4.90 Å². The van der Waals surface area contributed by atoms with Crippen LogP contribution in [0.1, 0.15) is 12.8 Å². The maximum absolute atomic E-state index is 13.1. The van der Waals surface area contributed by atoms with Crippen molar-refractivity contribution in [3.8, 4) is 11.1 Å². The van der Waals surface area contributed by atoms with E-state index in [2.05, 4.69) is 20.2 Å². The summed E-state index contributed by atoms with van der Waals surface area (Å²) in [6.45, 7) is 2.09. The van der Waals surface area contributed by atoms with Crippen LogP contribution in [0, 0.1) is 5.82 Å². The smallest absolute Gasteiger partial charge is 0.141 e. The Morgan fingerprint density at radius 1 is 1.05 bits per heavy atom. The fourth-order valence-electron chi connectivity index (χ4n) is 2.87. The molecular formula is C16H14FN3S. The maximum Gasteiger partial charge on any atom is 0.141 e. The van der Waals surface area contributed by atoms with Gasteiger partial charge in [-0.25, -0.2) is 14.4 Å². The molecule has 0 saturated carbocycles. The first-order valence-electron chi connectivity index (χ1n) is 7.06. The first-order chi connectivity index (χ1) is 10.3. The molecule has 4 rings (SSSR count). The summed E-state index contributed by atoms with van der Waals surface area (Å²) < 4.78 is 13.1. The van der Waals surface area contributed by atoms with E-state index in [1.165, 1.54) is 25.0 Å². The first-order valence-corrected chi connectivity index (χ1v) is 7.94. The number of rotatable bonds is 2. The highest BCUT2D eigenvalue weighted by molar-refractivity contribution is 7.17. The Bertz CT molecular complexity index is 776. The van der Waals surface area contributed by atoms with Crippen LogP contribution in [-0.2, 0) is 0 Å². The summed E-state index contributed by atoms with van der Waals surface area (Å²) in [7, 11) is 0. The molecule has 1 fully saturated rings. The predicted molar refractivity (Wildman–Crippen MR) is 84.3 cm³/mol. The molecule has 3 heterocycles. The minimum atomic E-state index is -0.214. The van der Waals surface area contributed by atoms with Crippen LogP contribution in [0.4, 0.5) is 10.2 Å². The Labute approximate surface area is 126 Å². The van der Waals surface area contributed by atoms with Gasteiger partial charge in [-0.05, 0) is 30.5 Å². The van der Waals surface area contributed by atoms with E-state index in [1.807, 2.05) is 12.1 Å². The molecule has 3 nitrogen and oxygen atoms in total. The van der Waals surface area contributed by atoms with Crippen molar-refractivity contribution in [2.75, 3.05) is 18.0 Å². The number of halogens is 1. The van der Waals surface area contributed by atoms with Gasteiger partial charge < -0.3 is 4.90 Å². The summed E-state index contributed by atoms with van der Waals surface area (Å²) in [5, 5.41) is 3.18. The second-order valence-electron chi connectivity index (χ2n) is 5.23. The number of thiophene rings is 1. The standard InChI is InChI=1S/C16H14FN3S/c17-12-5-3-11(4-6-12)13-9-21-16-14(13)15(18-10-19-16)20-7-1-2-8-20/h3-6,9-10H,1-2,7-8H2. The fraction of sp³-hybridized carbons (Fsp3) is 0.250. The van der Waals surface area contributed by atoms with Gasteiger partial charge in [0.15, 0.2) is 0 Å². The average molecular weight is 299 g/mol. The number of hydrogen-bond donors (Lipinski definition) is 0. The van der Waals surface area contributed by atoms with Gasteiger partial charge in [-0.3, -0.25) is 0 Å². The molecule has 0 amide bonds. The van der Waals surface area contributed by atoms with E-state index in [1.54, 1.807) is 17.7 Å². The van der Waals surface area contributed by atoms with Crippen molar-refractivity contribution in [3.05, 3.63) is 41.8 Å². The van der Waals surface area contributed by atoms with Crippen molar-refractivity contribution in [1.82, 2.24) is 9.97 Å². The van der Waals surface area contributed by atoms with Gasteiger partial charge in [0.25, 0.3) is 0 Å². The normalized spacial score (nSPS) is 15.0. The molecule has 0 unspecified atom stereocenters. The lowest BCUT2D eigenvalue weighted by Crippen LogP contribution is -2.19. The molecule has 3 aromatic rings. The minimum absolute atomic E-state index is 0.214. The number of benzene rings is 1. The summed E-state index contributed by atoms with van der Waals surface area (Å²) in [5.74, 6) is 0.798. The maximum atomic E-state index is 13.1. The third-order valence-electron chi connectivity index (χ3n) is 3.91. The summed E-state index contributed by atoms with van der Waals surface area (Å²) >= 11 is 1.61. The second kappa shape index (κ2) is 5.07. The molecule has 21 heavy (non-hydrogen) atoms. The van der Waals surface area contributed by atoms with Crippen LogP contribution >= 0.6 is 11.3 Å². The molecule has 1 aliphatic heterocycles. The van der Waals surface area contributed by atoms with Crippen LogP contribution in [0.25, 0.3) is 21.3 Å². The van der Waals surface area contributed by atoms with Crippen LogP contribution in [0.3, 0.4) is 0 Å². The van der Waals surface area contributed by atoms with E-state index >= 15 is 0 Å². The molecule has 5 heteroatoms. The SMILES string of the molecule is Fc1ccc(-c2csc3ncnc(N4CCCC4)c23)cc1. The molecule has 0 aliphatic carbocycles. The van der Waals surface area contributed by atoms with Crippen LogP contribution in [0.15, 0.2) is 36.0 Å². The Kier molecular flexibility index (Phi) is 3.07. The van der Waals surface area contributed by atoms with E-state index < -0.39 is 0 Å². The number of hydrogen-bond acceptors (Lipinski definition) is 4. The van der Waals surface area contributed by atoms with E-state index in [0.717, 1.165) is 40.3 Å². The Hall–Kier alpha value is -2.01. The van der Waals surface area contributed by atoms with Crippen molar-refractivity contribution in [3.63, 3.8) is 0 Å². The van der Waals surface area contributed by atoms with Crippen molar-refractivity contribution in [1.29, 1.82) is 0 Å². The number of fused-ring (bicyclic) bond motifs is 1. The Morgan fingerprint density at radius 3 is 2.57 bits per heavy atom. The Morgan fingerprint density at radius 2 is 1.81 bits per heavy atom. The van der Waals surface area contributed by atoms with Crippen LogP contribution in [-0.4, -0.2) is 23.1 Å². The lowest BCUT2D eigenvalue weighted by molar-refractivity contribution is 0.628. The van der Waals surface area contributed by atoms with E-state index in [9.17, 15) is 4.39 Å². The number of anilines is 1. The largest absolute Gasteiger partial charge is 0.356 e. The van der Waals surface area contributed by atoms with Crippen molar-refractivity contribution >= 4 is 27.4 Å². The molecular weight excluding hydrogens is 285 g/mol. The lowest BCUT2D eigenvalue weighted by Gasteiger charge is -2.17. The molecule has 0 radical (unpaired) electrons. The monoisotopic (exact) mass is 299 g/mol. The predicted octanol–water partition coefficient (Wildman–Crippen LogP) is 4.10. The van der Waals surface area contributed by atoms with Gasteiger partial charge in [0.2, 0.25) is 0 Å². The van der Waals surface area contributed by atoms with Gasteiger partial charge in [0, 0.05) is 24.0 Å². The second-order valence-corrected chi connectivity index (χ2v) is 6.09. The van der Waals surface area contributed by atoms with Gasteiger partial charge in [0.05, 0.1) is 5.39 Å². The first kappa shape index (κ1) is 12.7. The van der Waals surface area contributed by atoms with E-state index in [0.29, 0.717) is 0 Å². The van der Waals surface area contributed by atoms with Crippen molar-refractivity contribution < 1.29 is 4.39 Å². The molecule has 2 aromatic heterocycles. The molecule has 0 bridgehead atoms. The highest BCUT2D eigenvalue weighted by Gasteiger charge is 2.20. The van der Waals surface area contributed by atoms with Gasteiger partial charge in [-0.1, -0.05) is 12.1 Å². The highest BCUT2D eigenvalue weighted by Crippen LogP contribution is 2.38. The summed E-state index contributed by atoms with van der Waals surface area (Å²) in [5.41, 5.74) is 2.11. The zero-order chi connectivity index (χ0) is 14.2. The molecule has 0 spiro atoms. The lowest BCUT2D eigenvalue weighted by atomic mass is 10.1. The van der Waals surface area contributed by atoms with Gasteiger partial charge in [0.1, 0.15) is 22.8 Å². The molecule has 0 atom stereocenters. The van der Waals surface area contributed by atoms with E-state index in [-0.39, 0.29) is 5.82 Å². The van der Waals surface area contributed by atoms with Crippen LogP contribution in [0.2, 0.25) is 0 Å². The van der Waals surface area contributed by atoms with Crippen molar-refractivity contribution in [2.24, 2.45) is 0 Å². The average Bonchev–Trinajstić information content (AvgIpc) is 3.17. The molecule has 0 N–H and O–H groups in total. The summed E-state index contributed by atoms with van der Waals surface area (Å²) in [4.78, 5) is 12.2. The van der Waals surface area contributed by atoms with Gasteiger partial charge in [-0.2, -0.15) is 0 Å². The van der Waals surface area contributed by atoms with E-state index in [4.69, 9.17) is 0 Å². The quantitative estimate of drug-likeness (QED) is 0.713. The summed E-state index contributed by atoms with van der Waals surface area (Å²) in [6, 6.07) is 6.63. The Balaban J connectivity index is 1.91. The molecule has 1 aliphatic rings. The number of aromatic nitrogens is 2. The van der Waals surface area contributed by atoms with Crippen LogP contribution in [0.5, 0.6) is 0 Å². The summed E-state index contributed by atoms with van der Waals surface area (Å²) in [6.07, 6.45) is 4.06. The topological polar surface area (TPSA) is 29.0 Å². The minimum Gasteiger partial charge on any atom is -0.356 e. The third kappa shape index (κ3) is 2.17. The zero-order valence-electron chi connectivity index (χ0n) is 11.4. The molecule has 1 aromatic carbocycles.